The Morgan fingerprint density at radius 1 is 1.00 bits per heavy atom. The SMILES string of the molecule is C=CC(=O)OC.C=CC(=O)OC.O=S(=O)(O)O. The Hall–Kier alpha value is -1.71. The van der Waals surface area contributed by atoms with Crippen LogP contribution in [0.3, 0.4) is 0 Å². The minimum Gasteiger partial charge on any atom is -0.466 e. The van der Waals surface area contributed by atoms with E-state index in [1.807, 2.05) is 0 Å². The monoisotopic (exact) mass is 270 g/mol. The van der Waals surface area contributed by atoms with Crippen LogP contribution in [0.1, 0.15) is 0 Å². The molecular formula is C8H14O8S. The molecule has 17 heavy (non-hydrogen) atoms. The van der Waals surface area contributed by atoms with Gasteiger partial charge >= 0.3 is 22.3 Å². The summed E-state index contributed by atoms with van der Waals surface area (Å²) in [6.07, 6.45) is 2.22. The second kappa shape index (κ2) is 12.4. The molecule has 0 radical (unpaired) electrons. The molecule has 0 aliphatic rings. The quantitative estimate of drug-likeness (QED) is 0.409. The summed E-state index contributed by atoms with van der Waals surface area (Å²) in [5.74, 6) is -0.787. The molecule has 0 aromatic carbocycles. The zero-order chi connectivity index (χ0) is 14.5. The number of rotatable bonds is 2. The van der Waals surface area contributed by atoms with E-state index in [4.69, 9.17) is 17.5 Å². The summed E-state index contributed by atoms with van der Waals surface area (Å²) in [4.78, 5) is 19.7. The Balaban J connectivity index is -0.000000174. The van der Waals surface area contributed by atoms with Gasteiger partial charge < -0.3 is 9.47 Å². The maximum Gasteiger partial charge on any atom is 0.394 e. The van der Waals surface area contributed by atoms with Gasteiger partial charge in [-0.2, -0.15) is 8.42 Å². The van der Waals surface area contributed by atoms with Crippen LogP contribution in [0.2, 0.25) is 0 Å². The molecule has 2 N–H and O–H groups in total. The summed E-state index contributed by atoms with van der Waals surface area (Å²) in [7, 11) is -2.05. The highest BCUT2D eigenvalue weighted by Gasteiger charge is 1.84. The average molecular weight is 270 g/mol. The number of carbonyl (C=O) groups excluding carboxylic acids is 2. The molecule has 0 rings (SSSR count). The second-order valence-corrected chi connectivity index (χ2v) is 2.80. The molecule has 0 amide bonds. The van der Waals surface area contributed by atoms with Crippen LogP contribution in [0, 0.1) is 0 Å². The second-order valence-electron chi connectivity index (χ2n) is 1.90. The van der Waals surface area contributed by atoms with Crippen molar-refractivity contribution >= 4 is 22.3 Å². The van der Waals surface area contributed by atoms with Gasteiger partial charge in [0.1, 0.15) is 0 Å². The average Bonchev–Trinajstić information content (AvgIpc) is 2.25. The first-order chi connectivity index (χ1) is 7.62. The first kappa shape index (κ1) is 20.7. The third kappa shape index (κ3) is 54.6. The number of esters is 2. The highest BCUT2D eigenvalue weighted by atomic mass is 32.3. The van der Waals surface area contributed by atoms with Gasteiger partial charge in [0, 0.05) is 12.2 Å². The lowest BCUT2D eigenvalue weighted by Gasteiger charge is -1.83. The molecule has 9 heteroatoms. The first-order valence-electron chi connectivity index (χ1n) is 3.73. The summed E-state index contributed by atoms with van der Waals surface area (Å²) in [5.41, 5.74) is 0. The lowest BCUT2D eigenvalue weighted by atomic mass is 10.7. The van der Waals surface area contributed by atoms with Crippen molar-refractivity contribution in [2.24, 2.45) is 0 Å². The molecule has 0 aromatic rings. The van der Waals surface area contributed by atoms with Crippen LogP contribution in [0.5, 0.6) is 0 Å². The molecule has 0 atom stereocenters. The van der Waals surface area contributed by atoms with Crippen LogP contribution in [-0.4, -0.2) is 43.7 Å². The third-order valence-corrected chi connectivity index (χ3v) is 0.736. The third-order valence-electron chi connectivity index (χ3n) is 0.736. The van der Waals surface area contributed by atoms with E-state index >= 15 is 0 Å². The predicted molar refractivity (Wildman–Crippen MR) is 58.6 cm³/mol. The first-order valence-corrected chi connectivity index (χ1v) is 5.12. The summed E-state index contributed by atoms with van der Waals surface area (Å²) in [6, 6.07) is 0. The van der Waals surface area contributed by atoms with Gasteiger partial charge in [-0.3, -0.25) is 9.11 Å². The van der Waals surface area contributed by atoms with Gasteiger partial charge in [-0.05, 0) is 0 Å². The summed E-state index contributed by atoms with van der Waals surface area (Å²) in [5, 5.41) is 0. The normalized spacial score (nSPS) is 8.24. The van der Waals surface area contributed by atoms with E-state index in [0.717, 1.165) is 12.2 Å². The van der Waals surface area contributed by atoms with Crippen LogP contribution in [-0.2, 0) is 29.5 Å². The van der Waals surface area contributed by atoms with E-state index in [9.17, 15) is 9.59 Å². The zero-order valence-electron chi connectivity index (χ0n) is 9.32. The van der Waals surface area contributed by atoms with Gasteiger partial charge in [0.15, 0.2) is 0 Å². The van der Waals surface area contributed by atoms with E-state index in [-0.39, 0.29) is 0 Å². The molecule has 0 saturated heterocycles. The topological polar surface area (TPSA) is 127 Å². The Labute approximate surface area is 99.1 Å². The van der Waals surface area contributed by atoms with Crippen molar-refractivity contribution in [3.05, 3.63) is 25.3 Å². The number of hydrogen-bond donors (Lipinski definition) is 2. The molecule has 0 bridgehead atoms. The van der Waals surface area contributed by atoms with Crippen molar-refractivity contribution in [1.82, 2.24) is 0 Å². The Morgan fingerprint density at radius 2 is 1.18 bits per heavy atom. The van der Waals surface area contributed by atoms with E-state index in [1.54, 1.807) is 0 Å². The van der Waals surface area contributed by atoms with Crippen LogP contribution >= 0.6 is 0 Å². The number of methoxy groups -OCH3 is 2. The van der Waals surface area contributed by atoms with Crippen molar-refractivity contribution in [3.63, 3.8) is 0 Å². The molecule has 0 spiro atoms. The van der Waals surface area contributed by atoms with Crippen molar-refractivity contribution in [2.45, 2.75) is 0 Å². The minimum absolute atomic E-state index is 0.394. The lowest BCUT2D eigenvalue weighted by Crippen LogP contribution is -1.91. The minimum atomic E-state index is -4.67. The van der Waals surface area contributed by atoms with E-state index in [2.05, 4.69) is 22.6 Å². The summed E-state index contributed by atoms with van der Waals surface area (Å²) < 4.78 is 39.9. The molecule has 0 aliphatic heterocycles. The molecule has 8 nitrogen and oxygen atoms in total. The molecule has 0 aromatic heterocycles. The molecule has 0 heterocycles. The molecular weight excluding hydrogens is 256 g/mol. The van der Waals surface area contributed by atoms with Crippen molar-refractivity contribution in [1.29, 1.82) is 0 Å². The predicted octanol–water partition coefficient (Wildman–Crippen LogP) is 0.0380. The molecule has 0 saturated carbocycles. The van der Waals surface area contributed by atoms with Gasteiger partial charge in [-0.1, -0.05) is 13.2 Å². The van der Waals surface area contributed by atoms with Crippen LogP contribution in [0.15, 0.2) is 25.3 Å². The van der Waals surface area contributed by atoms with Crippen molar-refractivity contribution in [3.8, 4) is 0 Å². The largest absolute Gasteiger partial charge is 0.466 e. The zero-order valence-corrected chi connectivity index (χ0v) is 10.1. The fourth-order valence-electron chi connectivity index (χ4n) is 0.167. The fraction of sp³-hybridized carbons (Fsp3) is 0.250. The lowest BCUT2D eigenvalue weighted by molar-refractivity contribution is -0.135. The Bertz CT molecular complexity index is 315. The van der Waals surface area contributed by atoms with E-state index < -0.39 is 22.3 Å². The fourth-order valence-corrected chi connectivity index (χ4v) is 0.167. The smallest absolute Gasteiger partial charge is 0.394 e. The van der Waals surface area contributed by atoms with Gasteiger partial charge in [-0.25, -0.2) is 9.59 Å². The maximum atomic E-state index is 9.84. The van der Waals surface area contributed by atoms with Gasteiger partial charge in [0.25, 0.3) is 0 Å². The van der Waals surface area contributed by atoms with E-state index in [1.165, 1.54) is 14.2 Å². The number of ether oxygens (including phenoxy) is 2. The molecule has 0 fully saturated rings. The molecule has 0 unspecified atom stereocenters. The van der Waals surface area contributed by atoms with Gasteiger partial charge in [0.2, 0.25) is 0 Å². The van der Waals surface area contributed by atoms with Crippen molar-refractivity contribution < 1.29 is 36.6 Å². The standard InChI is InChI=1S/2C4H6O2.H2O4S/c2*1-3-4(5)6-2;1-5(2,3)4/h2*3H,1H2,2H3;(H2,1,2,3,4). The molecule has 0 aliphatic carbocycles. The van der Waals surface area contributed by atoms with Gasteiger partial charge in [-0.15, -0.1) is 0 Å². The Kier molecular flexibility index (Phi) is 15.0. The maximum absolute atomic E-state index is 9.84. The van der Waals surface area contributed by atoms with Crippen LogP contribution in [0.25, 0.3) is 0 Å². The van der Waals surface area contributed by atoms with Gasteiger partial charge in [0.05, 0.1) is 14.2 Å². The summed E-state index contributed by atoms with van der Waals surface area (Å²) in [6.45, 7) is 6.31. The van der Waals surface area contributed by atoms with Crippen LogP contribution < -0.4 is 0 Å². The summed E-state index contributed by atoms with van der Waals surface area (Å²) >= 11 is 0. The highest BCUT2D eigenvalue weighted by Crippen LogP contribution is 1.68. The molecule has 100 valence electrons. The van der Waals surface area contributed by atoms with Crippen LogP contribution in [0.4, 0.5) is 0 Å². The number of hydrogen-bond acceptors (Lipinski definition) is 6. The highest BCUT2D eigenvalue weighted by molar-refractivity contribution is 7.79. The van der Waals surface area contributed by atoms with E-state index in [0.29, 0.717) is 0 Å². The van der Waals surface area contributed by atoms with Crippen molar-refractivity contribution in [2.75, 3.05) is 14.2 Å². The number of carbonyl (C=O) groups is 2. The Morgan fingerprint density at radius 3 is 1.18 bits per heavy atom.